The fraction of sp³-hybridized carbons (Fsp3) is 0.500. The number of aryl methyl sites for hydroxylation is 2. The predicted molar refractivity (Wildman–Crippen MR) is 52.2 cm³/mol. The zero-order valence-corrected chi connectivity index (χ0v) is 8.20. The first-order valence-electron chi connectivity index (χ1n) is 4.07. The van der Waals surface area contributed by atoms with Crippen LogP contribution in [-0.2, 0) is 13.6 Å². The van der Waals surface area contributed by atoms with Gasteiger partial charge in [0.1, 0.15) is 0 Å². The van der Waals surface area contributed by atoms with E-state index in [4.69, 9.17) is 11.5 Å². The maximum atomic E-state index is 5.25. The molecule has 0 aliphatic heterocycles. The normalized spacial score (nSPS) is 10.1. The second-order valence-corrected chi connectivity index (χ2v) is 3.01. The lowest BCUT2D eigenvalue weighted by atomic mass is 10.2. The highest BCUT2D eigenvalue weighted by Gasteiger charge is 2.07. The Morgan fingerprint density at radius 2 is 2.08 bits per heavy atom. The first-order chi connectivity index (χ1) is 6.02. The van der Waals surface area contributed by atoms with Crippen LogP contribution >= 0.6 is 0 Å². The van der Waals surface area contributed by atoms with Crippen LogP contribution in [-0.4, -0.2) is 15.7 Å². The van der Waals surface area contributed by atoms with Crippen molar-refractivity contribution in [2.45, 2.75) is 20.4 Å². The number of hydrogen-bond donors (Lipinski definition) is 2. The highest BCUT2D eigenvalue weighted by Crippen LogP contribution is 2.12. The molecule has 1 aromatic heterocycles. The van der Waals surface area contributed by atoms with Crippen LogP contribution in [0.1, 0.15) is 17.0 Å². The molecule has 5 nitrogen and oxygen atoms in total. The molecular weight excluding hydrogens is 166 g/mol. The van der Waals surface area contributed by atoms with Gasteiger partial charge in [-0.3, -0.25) is 4.68 Å². The number of rotatable bonds is 2. The average Bonchev–Trinajstić information content (AvgIpc) is 2.24. The van der Waals surface area contributed by atoms with Gasteiger partial charge in [-0.1, -0.05) is 0 Å². The lowest BCUT2D eigenvalue weighted by Gasteiger charge is -1.97. The van der Waals surface area contributed by atoms with E-state index in [1.807, 2.05) is 25.6 Å². The van der Waals surface area contributed by atoms with Crippen LogP contribution in [0.3, 0.4) is 0 Å². The number of hydrogen-bond acceptors (Lipinski definition) is 2. The molecule has 0 aliphatic rings. The molecule has 0 atom stereocenters. The Kier molecular flexibility index (Phi) is 2.55. The minimum absolute atomic E-state index is 0.114. The summed E-state index contributed by atoms with van der Waals surface area (Å²) >= 11 is 0. The lowest BCUT2D eigenvalue weighted by Crippen LogP contribution is -2.22. The van der Waals surface area contributed by atoms with Crippen LogP contribution in [0.15, 0.2) is 4.99 Å². The third-order valence-electron chi connectivity index (χ3n) is 2.08. The molecule has 0 aliphatic carbocycles. The highest BCUT2D eigenvalue weighted by atomic mass is 15.3. The fourth-order valence-corrected chi connectivity index (χ4v) is 1.22. The zero-order chi connectivity index (χ0) is 10.0. The summed E-state index contributed by atoms with van der Waals surface area (Å²) in [4.78, 5) is 3.95. The van der Waals surface area contributed by atoms with Crippen molar-refractivity contribution < 1.29 is 0 Å². The molecule has 0 saturated carbocycles. The van der Waals surface area contributed by atoms with Gasteiger partial charge in [0.2, 0.25) is 0 Å². The van der Waals surface area contributed by atoms with Gasteiger partial charge in [-0.2, -0.15) is 5.10 Å². The molecule has 0 amide bonds. The number of aliphatic imine (C=N–C) groups is 1. The Hall–Kier alpha value is -1.52. The van der Waals surface area contributed by atoms with Crippen molar-refractivity contribution in [3.05, 3.63) is 17.0 Å². The Morgan fingerprint density at radius 1 is 1.46 bits per heavy atom. The van der Waals surface area contributed by atoms with E-state index in [-0.39, 0.29) is 5.96 Å². The fourth-order valence-electron chi connectivity index (χ4n) is 1.22. The molecule has 0 radical (unpaired) electrons. The molecule has 0 spiro atoms. The molecule has 0 bridgehead atoms. The van der Waals surface area contributed by atoms with Crippen molar-refractivity contribution in [3.63, 3.8) is 0 Å². The first-order valence-corrected chi connectivity index (χ1v) is 4.07. The first kappa shape index (κ1) is 9.57. The Labute approximate surface area is 77.4 Å². The van der Waals surface area contributed by atoms with Crippen LogP contribution in [0.5, 0.6) is 0 Å². The smallest absolute Gasteiger partial charge is 0.186 e. The molecule has 72 valence electrons. The van der Waals surface area contributed by atoms with E-state index < -0.39 is 0 Å². The van der Waals surface area contributed by atoms with Gasteiger partial charge in [-0.15, -0.1) is 0 Å². The summed E-state index contributed by atoms with van der Waals surface area (Å²) in [6.45, 7) is 4.45. The van der Waals surface area contributed by atoms with Gasteiger partial charge in [0.15, 0.2) is 5.96 Å². The summed E-state index contributed by atoms with van der Waals surface area (Å²) in [5.74, 6) is 0.114. The van der Waals surface area contributed by atoms with E-state index >= 15 is 0 Å². The average molecular weight is 181 g/mol. The van der Waals surface area contributed by atoms with Gasteiger partial charge < -0.3 is 11.5 Å². The molecule has 0 unspecified atom stereocenters. The molecule has 0 saturated heterocycles. The SMILES string of the molecule is Cc1nn(C)c(C)c1CN=C(N)N. The summed E-state index contributed by atoms with van der Waals surface area (Å²) in [6, 6.07) is 0. The number of aromatic nitrogens is 2. The summed E-state index contributed by atoms with van der Waals surface area (Å²) in [5, 5.41) is 4.25. The lowest BCUT2D eigenvalue weighted by molar-refractivity contribution is 0.730. The van der Waals surface area contributed by atoms with Crippen molar-refractivity contribution in [3.8, 4) is 0 Å². The van der Waals surface area contributed by atoms with Crippen LogP contribution in [0, 0.1) is 13.8 Å². The topological polar surface area (TPSA) is 82.2 Å². The van der Waals surface area contributed by atoms with Crippen LogP contribution in [0.4, 0.5) is 0 Å². The van der Waals surface area contributed by atoms with Gasteiger partial charge in [0, 0.05) is 18.3 Å². The molecule has 5 heteroatoms. The Bertz CT molecular complexity index is 333. The van der Waals surface area contributed by atoms with Gasteiger partial charge in [0.25, 0.3) is 0 Å². The van der Waals surface area contributed by atoms with Crippen molar-refractivity contribution in [2.75, 3.05) is 0 Å². The highest BCUT2D eigenvalue weighted by molar-refractivity contribution is 5.75. The second kappa shape index (κ2) is 3.47. The summed E-state index contributed by atoms with van der Waals surface area (Å²) < 4.78 is 1.83. The molecule has 1 heterocycles. The van der Waals surface area contributed by atoms with Crippen LogP contribution in [0.25, 0.3) is 0 Å². The molecule has 0 fully saturated rings. The van der Waals surface area contributed by atoms with Crippen molar-refractivity contribution >= 4 is 5.96 Å². The Morgan fingerprint density at radius 3 is 2.46 bits per heavy atom. The summed E-state index contributed by atoms with van der Waals surface area (Å²) in [5.41, 5.74) is 13.7. The maximum absolute atomic E-state index is 5.25. The minimum Gasteiger partial charge on any atom is -0.370 e. The van der Waals surface area contributed by atoms with E-state index in [0.717, 1.165) is 17.0 Å². The van der Waals surface area contributed by atoms with Gasteiger partial charge in [-0.25, -0.2) is 4.99 Å². The van der Waals surface area contributed by atoms with E-state index in [1.54, 1.807) is 0 Å². The van der Waals surface area contributed by atoms with Crippen LogP contribution < -0.4 is 11.5 Å². The third-order valence-corrected chi connectivity index (χ3v) is 2.08. The molecular formula is C8H15N5. The van der Waals surface area contributed by atoms with E-state index in [0.29, 0.717) is 6.54 Å². The monoisotopic (exact) mass is 181 g/mol. The van der Waals surface area contributed by atoms with Crippen molar-refractivity contribution in [1.82, 2.24) is 9.78 Å². The molecule has 1 rings (SSSR count). The summed E-state index contributed by atoms with van der Waals surface area (Å²) in [7, 11) is 1.90. The van der Waals surface area contributed by atoms with Crippen LogP contribution in [0.2, 0.25) is 0 Å². The molecule has 0 aromatic carbocycles. The predicted octanol–water partition coefficient (Wildman–Crippen LogP) is -0.190. The van der Waals surface area contributed by atoms with E-state index in [9.17, 15) is 0 Å². The standard InChI is InChI=1S/C8H15N5/c1-5-7(4-11-8(9)10)6(2)13(3)12-5/h4H2,1-3H3,(H4,9,10,11). The van der Waals surface area contributed by atoms with Crippen molar-refractivity contribution in [2.24, 2.45) is 23.5 Å². The van der Waals surface area contributed by atoms with E-state index in [2.05, 4.69) is 10.1 Å². The number of nitrogens with zero attached hydrogens (tertiary/aromatic N) is 3. The number of guanidine groups is 1. The summed E-state index contributed by atoms with van der Waals surface area (Å²) in [6.07, 6.45) is 0. The zero-order valence-electron chi connectivity index (χ0n) is 8.20. The van der Waals surface area contributed by atoms with Gasteiger partial charge in [-0.05, 0) is 13.8 Å². The molecule has 4 N–H and O–H groups in total. The largest absolute Gasteiger partial charge is 0.370 e. The Balaban J connectivity index is 2.94. The quantitative estimate of drug-likeness (QED) is 0.490. The minimum atomic E-state index is 0.114. The van der Waals surface area contributed by atoms with Gasteiger partial charge >= 0.3 is 0 Å². The van der Waals surface area contributed by atoms with E-state index in [1.165, 1.54) is 0 Å². The van der Waals surface area contributed by atoms with Crippen molar-refractivity contribution in [1.29, 1.82) is 0 Å². The third kappa shape index (κ3) is 1.99. The molecule has 1 aromatic rings. The maximum Gasteiger partial charge on any atom is 0.186 e. The number of nitrogens with two attached hydrogens (primary N) is 2. The second-order valence-electron chi connectivity index (χ2n) is 3.01. The molecule has 13 heavy (non-hydrogen) atoms. The van der Waals surface area contributed by atoms with Gasteiger partial charge in [0.05, 0.1) is 12.2 Å².